The van der Waals surface area contributed by atoms with Crippen LogP contribution >= 0.6 is 27.7 Å². The third-order valence-corrected chi connectivity index (χ3v) is 4.86. The van der Waals surface area contributed by atoms with Crippen molar-refractivity contribution in [2.45, 2.75) is 18.6 Å². The predicted octanol–water partition coefficient (Wildman–Crippen LogP) is 2.92. The fourth-order valence-electron chi connectivity index (χ4n) is 2.11. The number of rotatable bonds is 4. The van der Waals surface area contributed by atoms with Gasteiger partial charge in [0.05, 0.1) is 6.10 Å². The maximum atomic E-state index is 10.2. The molecule has 0 unspecified atom stereocenters. The van der Waals surface area contributed by atoms with E-state index in [0.717, 1.165) is 10.0 Å². The summed E-state index contributed by atoms with van der Waals surface area (Å²) in [5.74, 6) is 2.45. The van der Waals surface area contributed by atoms with Crippen molar-refractivity contribution in [3.8, 4) is 0 Å². The standard InChI is InChI=1S/C13H18BrNOS/c1-15(12-5-6-17-9-12)8-13(16)10-3-2-4-11(14)7-10/h2-4,7,12-13,16H,5-6,8-9H2,1H3/t12-,13+/m0/s1. The fourth-order valence-corrected chi connectivity index (χ4v) is 3.83. The van der Waals surface area contributed by atoms with Crippen LogP contribution in [-0.4, -0.2) is 41.1 Å². The van der Waals surface area contributed by atoms with E-state index in [2.05, 4.69) is 27.9 Å². The van der Waals surface area contributed by atoms with Gasteiger partial charge in [-0.3, -0.25) is 4.90 Å². The van der Waals surface area contributed by atoms with Gasteiger partial charge in [0.25, 0.3) is 0 Å². The van der Waals surface area contributed by atoms with Crippen LogP contribution in [0.5, 0.6) is 0 Å². The van der Waals surface area contributed by atoms with E-state index in [1.807, 2.05) is 36.0 Å². The van der Waals surface area contributed by atoms with Crippen LogP contribution in [0.1, 0.15) is 18.1 Å². The molecule has 2 rings (SSSR count). The van der Waals surface area contributed by atoms with E-state index in [1.54, 1.807) is 0 Å². The third-order valence-electron chi connectivity index (χ3n) is 3.22. The molecule has 1 aliphatic rings. The Balaban J connectivity index is 1.93. The van der Waals surface area contributed by atoms with Gasteiger partial charge in [-0.25, -0.2) is 0 Å². The first-order chi connectivity index (χ1) is 8.16. The van der Waals surface area contributed by atoms with Crippen LogP contribution in [0, 0.1) is 0 Å². The Morgan fingerprint density at radius 3 is 3.06 bits per heavy atom. The molecule has 1 fully saturated rings. The molecule has 0 aromatic heterocycles. The Labute approximate surface area is 116 Å². The van der Waals surface area contributed by atoms with Crippen molar-refractivity contribution >= 4 is 27.7 Å². The number of hydrogen-bond donors (Lipinski definition) is 1. The average molecular weight is 316 g/mol. The Morgan fingerprint density at radius 2 is 2.41 bits per heavy atom. The lowest BCUT2D eigenvalue weighted by Crippen LogP contribution is -2.34. The van der Waals surface area contributed by atoms with Crippen LogP contribution in [0.4, 0.5) is 0 Å². The van der Waals surface area contributed by atoms with E-state index < -0.39 is 6.10 Å². The predicted molar refractivity (Wildman–Crippen MR) is 77.5 cm³/mol. The molecule has 17 heavy (non-hydrogen) atoms. The molecule has 1 aromatic carbocycles. The minimum Gasteiger partial charge on any atom is -0.387 e. The number of likely N-dealkylation sites (N-methyl/N-ethyl adjacent to an activating group) is 1. The summed E-state index contributed by atoms with van der Waals surface area (Å²) in [4.78, 5) is 2.28. The van der Waals surface area contributed by atoms with Crippen molar-refractivity contribution in [2.75, 3.05) is 25.1 Å². The first-order valence-corrected chi connectivity index (χ1v) is 7.83. The monoisotopic (exact) mass is 315 g/mol. The van der Waals surface area contributed by atoms with Gasteiger partial charge in [0.2, 0.25) is 0 Å². The molecule has 0 aliphatic carbocycles. The largest absolute Gasteiger partial charge is 0.387 e. The average Bonchev–Trinajstić information content (AvgIpc) is 2.82. The van der Waals surface area contributed by atoms with E-state index in [0.29, 0.717) is 12.6 Å². The molecule has 1 aliphatic heterocycles. The highest BCUT2D eigenvalue weighted by atomic mass is 79.9. The Kier molecular flexibility index (Phi) is 4.91. The smallest absolute Gasteiger partial charge is 0.0917 e. The lowest BCUT2D eigenvalue weighted by Gasteiger charge is -2.26. The van der Waals surface area contributed by atoms with Gasteiger partial charge in [-0.15, -0.1) is 0 Å². The molecule has 1 aromatic rings. The van der Waals surface area contributed by atoms with Gasteiger partial charge in [0.15, 0.2) is 0 Å². The zero-order valence-corrected chi connectivity index (χ0v) is 12.4. The number of thioether (sulfide) groups is 1. The highest BCUT2D eigenvalue weighted by Gasteiger charge is 2.22. The Bertz CT molecular complexity index is 368. The van der Waals surface area contributed by atoms with Crippen molar-refractivity contribution in [2.24, 2.45) is 0 Å². The van der Waals surface area contributed by atoms with Crippen LogP contribution in [0.3, 0.4) is 0 Å². The second-order valence-corrected chi connectivity index (χ2v) is 6.59. The molecule has 4 heteroatoms. The molecule has 0 spiro atoms. The second-order valence-electron chi connectivity index (χ2n) is 4.53. The van der Waals surface area contributed by atoms with Gasteiger partial charge >= 0.3 is 0 Å². The Hall–Kier alpha value is -0.0300. The van der Waals surface area contributed by atoms with Crippen molar-refractivity contribution in [1.29, 1.82) is 0 Å². The number of halogens is 1. The van der Waals surface area contributed by atoms with Crippen LogP contribution in [0.2, 0.25) is 0 Å². The van der Waals surface area contributed by atoms with Gasteiger partial charge in [0, 0.05) is 22.8 Å². The normalized spacial score (nSPS) is 22.0. The highest BCUT2D eigenvalue weighted by Crippen LogP contribution is 2.24. The van der Waals surface area contributed by atoms with Gasteiger partial charge in [-0.05, 0) is 36.9 Å². The highest BCUT2D eigenvalue weighted by molar-refractivity contribution is 9.10. The van der Waals surface area contributed by atoms with E-state index in [-0.39, 0.29) is 0 Å². The first kappa shape index (κ1) is 13.4. The molecule has 0 radical (unpaired) electrons. The third kappa shape index (κ3) is 3.71. The van der Waals surface area contributed by atoms with Crippen LogP contribution in [-0.2, 0) is 0 Å². The van der Waals surface area contributed by atoms with Gasteiger partial charge in [-0.2, -0.15) is 11.8 Å². The summed E-state index contributed by atoms with van der Waals surface area (Å²) in [6.07, 6.45) is 0.843. The summed E-state index contributed by atoms with van der Waals surface area (Å²) in [5.41, 5.74) is 0.983. The van der Waals surface area contributed by atoms with E-state index in [1.165, 1.54) is 17.9 Å². The minimum absolute atomic E-state index is 0.400. The quantitative estimate of drug-likeness (QED) is 0.924. The summed E-state index contributed by atoms with van der Waals surface area (Å²) in [6.45, 7) is 0.710. The first-order valence-electron chi connectivity index (χ1n) is 5.88. The second kappa shape index (κ2) is 6.23. The number of aliphatic hydroxyl groups is 1. The molecule has 0 bridgehead atoms. The van der Waals surface area contributed by atoms with Gasteiger partial charge < -0.3 is 5.11 Å². The summed E-state index contributed by atoms with van der Waals surface area (Å²) >= 11 is 5.44. The van der Waals surface area contributed by atoms with Crippen LogP contribution < -0.4 is 0 Å². The lowest BCUT2D eigenvalue weighted by atomic mass is 10.1. The number of benzene rings is 1. The summed E-state index contributed by atoms with van der Waals surface area (Å²) in [6, 6.07) is 8.54. The lowest BCUT2D eigenvalue weighted by molar-refractivity contribution is 0.110. The molecule has 2 atom stereocenters. The molecule has 1 heterocycles. The molecule has 1 N–H and O–H groups in total. The zero-order chi connectivity index (χ0) is 12.3. The molecule has 2 nitrogen and oxygen atoms in total. The number of hydrogen-bond acceptors (Lipinski definition) is 3. The minimum atomic E-state index is -0.400. The summed E-state index contributed by atoms with van der Waals surface area (Å²) in [7, 11) is 2.11. The molecular weight excluding hydrogens is 298 g/mol. The zero-order valence-electron chi connectivity index (χ0n) is 9.97. The molecule has 0 saturated carbocycles. The number of aliphatic hydroxyl groups excluding tert-OH is 1. The van der Waals surface area contributed by atoms with Gasteiger partial charge in [-0.1, -0.05) is 28.1 Å². The molecular formula is C13H18BrNOS. The molecule has 1 saturated heterocycles. The van der Waals surface area contributed by atoms with Gasteiger partial charge in [0.1, 0.15) is 0 Å². The maximum Gasteiger partial charge on any atom is 0.0917 e. The van der Waals surface area contributed by atoms with Crippen LogP contribution in [0.15, 0.2) is 28.7 Å². The maximum absolute atomic E-state index is 10.2. The fraction of sp³-hybridized carbons (Fsp3) is 0.538. The SMILES string of the molecule is CN(C[C@@H](O)c1cccc(Br)c1)[C@H]1CCSC1. The number of nitrogens with zero attached hydrogens (tertiary/aromatic N) is 1. The van der Waals surface area contributed by atoms with Crippen LogP contribution in [0.25, 0.3) is 0 Å². The van der Waals surface area contributed by atoms with Crippen molar-refractivity contribution in [1.82, 2.24) is 4.90 Å². The molecule has 94 valence electrons. The summed E-state index contributed by atoms with van der Waals surface area (Å²) in [5, 5.41) is 10.2. The van der Waals surface area contributed by atoms with Crippen molar-refractivity contribution < 1.29 is 5.11 Å². The van der Waals surface area contributed by atoms with E-state index in [4.69, 9.17) is 0 Å². The van der Waals surface area contributed by atoms with Crippen molar-refractivity contribution in [3.63, 3.8) is 0 Å². The van der Waals surface area contributed by atoms with E-state index in [9.17, 15) is 5.11 Å². The Morgan fingerprint density at radius 1 is 1.59 bits per heavy atom. The van der Waals surface area contributed by atoms with E-state index >= 15 is 0 Å². The molecule has 0 amide bonds. The summed E-state index contributed by atoms with van der Waals surface area (Å²) < 4.78 is 1.02. The van der Waals surface area contributed by atoms with Crippen molar-refractivity contribution in [3.05, 3.63) is 34.3 Å². The topological polar surface area (TPSA) is 23.5 Å².